The normalized spacial score (nSPS) is 11.3. The molecule has 0 amide bonds. The molecule has 1 aromatic carbocycles. The van der Waals surface area contributed by atoms with Crippen molar-refractivity contribution in [3.63, 3.8) is 0 Å². The van der Waals surface area contributed by atoms with E-state index in [1.165, 1.54) is 0 Å². The topological polar surface area (TPSA) is 52.3 Å². The molecule has 3 nitrogen and oxygen atoms in total. The Kier molecular flexibility index (Phi) is 3.47. The molecule has 0 saturated heterocycles. The van der Waals surface area contributed by atoms with E-state index in [9.17, 15) is 18.0 Å². The molecule has 88 valence electrons. The van der Waals surface area contributed by atoms with Crippen molar-refractivity contribution in [3.05, 3.63) is 27.7 Å². The van der Waals surface area contributed by atoms with Crippen LogP contribution in [0.5, 0.6) is 0 Å². The predicted molar refractivity (Wildman–Crippen MR) is 54.9 cm³/mol. The summed E-state index contributed by atoms with van der Waals surface area (Å²) in [5.74, 6) is -0.864. The summed E-state index contributed by atoms with van der Waals surface area (Å²) in [4.78, 5) is 11.2. The Morgan fingerprint density at radius 2 is 2.00 bits per heavy atom. The summed E-state index contributed by atoms with van der Waals surface area (Å²) in [5.41, 5.74) is 3.49. The second-order valence-electron chi connectivity index (χ2n) is 2.91. The van der Waals surface area contributed by atoms with Gasteiger partial charge in [0.15, 0.2) is 0 Å². The highest BCUT2D eigenvalue weighted by atomic mass is 79.9. The van der Waals surface area contributed by atoms with Gasteiger partial charge in [-0.3, -0.25) is 0 Å². The molecule has 0 atom stereocenters. The Morgan fingerprint density at radius 3 is 2.44 bits per heavy atom. The quantitative estimate of drug-likeness (QED) is 0.640. The lowest BCUT2D eigenvalue weighted by atomic mass is 10.1. The number of benzene rings is 1. The molecular formula is C9H7BrF3NO2. The lowest BCUT2D eigenvalue weighted by Crippen LogP contribution is -2.12. The zero-order valence-corrected chi connectivity index (χ0v) is 9.65. The van der Waals surface area contributed by atoms with Crippen LogP contribution in [0.1, 0.15) is 15.9 Å². The highest BCUT2D eigenvalue weighted by molar-refractivity contribution is 9.10. The van der Waals surface area contributed by atoms with Crippen molar-refractivity contribution in [1.29, 1.82) is 0 Å². The fraction of sp³-hybridized carbons (Fsp3) is 0.222. The number of carbonyl (C=O) groups is 1. The fourth-order valence-corrected chi connectivity index (χ4v) is 1.62. The van der Waals surface area contributed by atoms with E-state index in [1.54, 1.807) is 0 Å². The number of methoxy groups -OCH3 is 1. The van der Waals surface area contributed by atoms with E-state index >= 15 is 0 Å². The SMILES string of the molecule is COC(=O)c1cc(C(F)(F)F)c(N)cc1Br. The number of hydrogen-bond acceptors (Lipinski definition) is 3. The first-order valence-corrected chi connectivity index (χ1v) is 4.81. The lowest BCUT2D eigenvalue weighted by molar-refractivity contribution is -0.136. The van der Waals surface area contributed by atoms with Gasteiger partial charge >= 0.3 is 12.1 Å². The number of alkyl halides is 3. The number of nitrogens with two attached hydrogens (primary N) is 1. The molecule has 2 N–H and O–H groups in total. The van der Waals surface area contributed by atoms with E-state index in [0.29, 0.717) is 6.07 Å². The highest BCUT2D eigenvalue weighted by Gasteiger charge is 2.34. The Labute approximate surface area is 97.5 Å². The van der Waals surface area contributed by atoms with Gasteiger partial charge in [-0.2, -0.15) is 13.2 Å². The molecule has 0 unspecified atom stereocenters. The molecule has 0 bridgehead atoms. The minimum atomic E-state index is -4.60. The van der Waals surface area contributed by atoms with Crippen LogP contribution in [0.25, 0.3) is 0 Å². The third kappa shape index (κ3) is 2.46. The van der Waals surface area contributed by atoms with E-state index < -0.39 is 23.4 Å². The standard InChI is InChI=1S/C9H7BrF3NO2/c1-16-8(15)4-2-5(9(11,12)13)7(14)3-6(4)10/h2-3H,14H2,1H3. The van der Waals surface area contributed by atoms with Crippen LogP contribution in [-0.4, -0.2) is 13.1 Å². The first-order chi connectivity index (χ1) is 7.27. The second-order valence-corrected chi connectivity index (χ2v) is 3.76. The molecule has 0 saturated carbocycles. The maximum atomic E-state index is 12.5. The van der Waals surface area contributed by atoms with Crippen LogP contribution >= 0.6 is 15.9 Å². The van der Waals surface area contributed by atoms with Crippen LogP contribution in [0.15, 0.2) is 16.6 Å². The lowest BCUT2D eigenvalue weighted by Gasteiger charge is -2.12. The van der Waals surface area contributed by atoms with Crippen molar-refractivity contribution in [2.45, 2.75) is 6.18 Å². The van der Waals surface area contributed by atoms with Gasteiger partial charge < -0.3 is 10.5 Å². The third-order valence-corrected chi connectivity index (χ3v) is 2.51. The third-order valence-electron chi connectivity index (χ3n) is 1.85. The van der Waals surface area contributed by atoms with Crippen LogP contribution in [-0.2, 0) is 10.9 Å². The zero-order valence-electron chi connectivity index (χ0n) is 8.06. The van der Waals surface area contributed by atoms with Crippen LogP contribution in [0.3, 0.4) is 0 Å². The summed E-state index contributed by atoms with van der Waals surface area (Å²) >= 11 is 2.94. The minimum Gasteiger partial charge on any atom is -0.465 e. The number of hydrogen-bond donors (Lipinski definition) is 1. The van der Waals surface area contributed by atoms with E-state index in [0.717, 1.165) is 13.2 Å². The minimum absolute atomic E-state index is 0.157. The van der Waals surface area contributed by atoms with Gasteiger partial charge in [0.2, 0.25) is 0 Å². The van der Waals surface area contributed by atoms with Crippen LogP contribution in [0.2, 0.25) is 0 Å². The van der Waals surface area contributed by atoms with Crippen molar-refractivity contribution < 1.29 is 22.7 Å². The molecule has 0 spiro atoms. The summed E-state index contributed by atoms with van der Waals surface area (Å²) in [5, 5.41) is 0. The zero-order chi connectivity index (χ0) is 12.5. The van der Waals surface area contributed by atoms with Crippen molar-refractivity contribution in [2.24, 2.45) is 0 Å². The summed E-state index contributed by atoms with van der Waals surface area (Å²) in [6.45, 7) is 0. The van der Waals surface area contributed by atoms with Crippen molar-refractivity contribution in [2.75, 3.05) is 12.8 Å². The van der Waals surface area contributed by atoms with Gasteiger partial charge in [-0.05, 0) is 28.1 Å². The molecule has 1 aromatic rings. The van der Waals surface area contributed by atoms with E-state index in [2.05, 4.69) is 20.7 Å². The van der Waals surface area contributed by atoms with Gasteiger partial charge in [-0.1, -0.05) is 0 Å². The number of rotatable bonds is 1. The Hall–Kier alpha value is -1.24. The summed E-state index contributed by atoms with van der Waals surface area (Å²) in [6.07, 6.45) is -4.60. The smallest absolute Gasteiger partial charge is 0.418 e. The maximum absolute atomic E-state index is 12.5. The Balaban J connectivity index is 3.39. The van der Waals surface area contributed by atoms with Crippen molar-refractivity contribution in [3.8, 4) is 0 Å². The summed E-state index contributed by atoms with van der Waals surface area (Å²) in [7, 11) is 1.08. The highest BCUT2D eigenvalue weighted by Crippen LogP contribution is 2.36. The number of halogens is 4. The molecule has 0 heterocycles. The first-order valence-electron chi connectivity index (χ1n) is 4.02. The van der Waals surface area contributed by atoms with Gasteiger partial charge in [0, 0.05) is 10.2 Å². The number of ether oxygens (including phenoxy) is 1. The molecule has 0 aliphatic rings. The van der Waals surface area contributed by atoms with Gasteiger partial charge in [0.1, 0.15) is 0 Å². The van der Waals surface area contributed by atoms with Crippen molar-refractivity contribution >= 4 is 27.6 Å². The van der Waals surface area contributed by atoms with Crippen molar-refractivity contribution in [1.82, 2.24) is 0 Å². The fourth-order valence-electron chi connectivity index (χ4n) is 1.10. The van der Waals surface area contributed by atoms with Gasteiger partial charge in [-0.25, -0.2) is 4.79 Å². The first kappa shape index (κ1) is 12.8. The van der Waals surface area contributed by atoms with Gasteiger partial charge in [-0.15, -0.1) is 0 Å². The van der Waals surface area contributed by atoms with Gasteiger partial charge in [0.25, 0.3) is 0 Å². The molecule has 7 heteroatoms. The summed E-state index contributed by atoms with van der Waals surface area (Å²) in [6, 6.07) is 1.68. The molecule has 0 aromatic heterocycles. The Morgan fingerprint density at radius 1 is 1.44 bits per heavy atom. The molecule has 16 heavy (non-hydrogen) atoms. The molecule has 1 rings (SSSR count). The molecule has 0 aliphatic carbocycles. The average molecular weight is 298 g/mol. The van der Waals surface area contributed by atoms with E-state index in [1.807, 2.05) is 0 Å². The van der Waals surface area contributed by atoms with Crippen LogP contribution in [0, 0.1) is 0 Å². The van der Waals surface area contributed by atoms with E-state index in [4.69, 9.17) is 5.73 Å². The van der Waals surface area contributed by atoms with Crippen LogP contribution < -0.4 is 5.73 Å². The second kappa shape index (κ2) is 4.32. The molecule has 0 radical (unpaired) electrons. The number of nitrogen functional groups attached to an aromatic ring is 1. The average Bonchev–Trinajstić information content (AvgIpc) is 2.14. The molecule has 0 aliphatic heterocycles. The Bertz CT molecular complexity index is 431. The molecular weight excluding hydrogens is 291 g/mol. The number of carbonyl (C=O) groups excluding carboxylic acids is 1. The molecule has 0 fully saturated rings. The number of anilines is 1. The predicted octanol–water partition coefficient (Wildman–Crippen LogP) is 2.84. The van der Waals surface area contributed by atoms with Gasteiger partial charge in [0.05, 0.1) is 18.2 Å². The maximum Gasteiger partial charge on any atom is 0.418 e. The monoisotopic (exact) mass is 297 g/mol. The summed E-state index contributed by atoms with van der Waals surface area (Å²) < 4.78 is 41.9. The largest absolute Gasteiger partial charge is 0.465 e. The van der Waals surface area contributed by atoms with E-state index in [-0.39, 0.29) is 10.0 Å². The van der Waals surface area contributed by atoms with Crippen LogP contribution in [0.4, 0.5) is 18.9 Å². The number of esters is 1.